The van der Waals surface area contributed by atoms with Gasteiger partial charge in [0.2, 0.25) is 0 Å². The second kappa shape index (κ2) is 6.12. The second-order valence-electron chi connectivity index (χ2n) is 4.02. The van der Waals surface area contributed by atoms with Crippen molar-refractivity contribution in [3.8, 4) is 11.3 Å². The Bertz CT molecular complexity index is 662. The van der Waals surface area contributed by atoms with Gasteiger partial charge in [0.25, 0.3) is 5.91 Å². The molecule has 6 heteroatoms. The first-order chi connectivity index (χ1) is 9.56. The molecule has 0 aliphatic carbocycles. The highest BCUT2D eigenvalue weighted by atomic mass is 32.1. The highest BCUT2D eigenvalue weighted by molar-refractivity contribution is 7.14. The van der Waals surface area contributed by atoms with E-state index >= 15 is 0 Å². The molecule has 0 unspecified atom stereocenters. The number of nitrogens with one attached hydrogen (secondary N) is 1. The van der Waals surface area contributed by atoms with Crippen molar-refractivity contribution in [2.75, 3.05) is 5.32 Å². The zero-order valence-electron chi connectivity index (χ0n) is 10.7. The zero-order chi connectivity index (χ0) is 14.5. The Morgan fingerprint density at radius 2 is 2.00 bits per heavy atom. The lowest BCUT2D eigenvalue weighted by atomic mass is 10.2. The molecule has 1 amide bonds. The van der Waals surface area contributed by atoms with Gasteiger partial charge in [-0.3, -0.25) is 10.1 Å². The Hall–Kier alpha value is -2.47. The number of carbonyl (C=O) groups excluding carboxylic acids is 1. The fraction of sp³-hybridized carbons (Fsp3) is 0.0714. The van der Waals surface area contributed by atoms with Crippen molar-refractivity contribution in [1.82, 2.24) is 4.98 Å². The average molecular weight is 288 g/mol. The quantitative estimate of drug-likeness (QED) is 0.848. The molecule has 0 saturated heterocycles. The maximum absolute atomic E-state index is 11.7. The fourth-order valence-electron chi connectivity index (χ4n) is 1.52. The van der Waals surface area contributed by atoms with Crippen LogP contribution in [0.5, 0.6) is 0 Å². The molecule has 102 valence electrons. The third kappa shape index (κ3) is 3.52. The summed E-state index contributed by atoms with van der Waals surface area (Å²) in [7, 11) is 0. The van der Waals surface area contributed by atoms with Gasteiger partial charge >= 0.3 is 5.97 Å². The van der Waals surface area contributed by atoms with Crippen molar-refractivity contribution in [2.45, 2.75) is 6.92 Å². The summed E-state index contributed by atoms with van der Waals surface area (Å²) in [4.78, 5) is 26.5. The molecular weight excluding hydrogens is 276 g/mol. The van der Waals surface area contributed by atoms with Crippen LogP contribution in [0.3, 0.4) is 0 Å². The van der Waals surface area contributed by atoms with Gasteiger partial charge < -0.3 is 5.11 Å². The average Bonchev–Trinajstić information content (AvgIpc) is 2.87. The maximum Gasteiger partial charge on any atom is 0.328 e. The van der Waals surface area contributed by atoms with E-state index in [1.165, 1.54) is 18.3 Å². The molecule has 0 aliphatic heterocycles. The van der Waals surface area contributed by atoms with Crippen LogP contribution in [0.4, 0.5) is 5.13 Å². The molecule has 1 aromatic carbocycles. The van der Waals surface area contributed by atoms with Crippen LogP contribution in [0.1, 0.15) is 6.92 Å². The Morgan fingerprint density at radius 1 is 1.30 bits per heavy atom. The number of carbonyl (C=O) groups is 2. The number of hydrogen-bond donors (Lipinski definition) is 2. The van der Waals surface area contributed by atoms with Crippen LogP contribution >= 0.6 is 11.3 Å². The summed E-state index contributed by atoms with van der Waals surface area (Å²) in [6, 6.07) is 9.59. The van der Waals surface area contributed by atoms with E-state index in [9.17, 15) is 9.59 Å². The zero-order valence-corrected chi connectivity index (χ0v) is 11.5. The SMILES string of the molecule is C/C(=C/C(=O)O)C(=O)Nc1nc(-c2ccccc2)cs1. The molecule has 0 bridgehead atoms. The van der Waals surface area contributed by atoms with Crippen molar-refractivity contribution >= 4 is 28.3 Å². The van der Waals surface area contributed by atoms with Crippen LogP contribution in [-0.4, -0.2) is 22.0 Å². The predicted molar refractivity (Wildman–Crippen MR) is 77.6 cm³/mol. The molecule has 2 N–H and O–H groups in total. The molecule has 0 radical (unpaired) electrons. The number of aliphatic carboxylic acids is 1. The van der Waals surface area contributed by atoms with Gasteiger partial charge in [-0.05, 0) is 6.92 Å². The lowest BCUT2D eigenvalue weighted by Gasteiger charge is -2.00. The van der Waals surface area contributed by atoms with Crippen LogP contribution in [0.15, 0.2) is 47.4 Å². The molecule has 1 aromatic heterocycles. The van der Waals surface area contributed by atoms with E-state index in [1.807, 2.05) is 35.7 Å². The maximum atomic E-state index is 11.7. The van der Waals surface area contributed by atoms with Crippen molar-refractivity contribution < 1.29 is 14.7 Å². The number of anilines is 1. The topological polar surface area (TPSA) is 79.3 Å². The molecule has 2 aromatic rings. The van der Waals surface area contributed by atoms with E-state index in [2.05, 4.69) is 10.3 Å². The number of thiazole rings is 1. The summed E-state index contributed by atoms with van der Waals surface area (Å²) < 4.78 is 0. The molecule has 1 heterocycles. The van der Waals surface area contributed by atoms with Crippen LogP contribution in [0, 0.1) is 0 Å². The van der Waals surface area contributed by atoms with Gasteiger partial charge in [0.1, 0.15) is 0 Å². The van der Waals surface area contributed by atoms with Gasteiger partial charge in [0.05, 0.1) is 5.69 Å². The van der Waals surface area contributed by atoms with Crippen LogP contribution < -0.4 is 5.32 Å². The molecule has 0 fully saturated rings. The second-order valence-corrected chi connectivity index (χ2v) is 4.88. The smallest absolute Gasteiger partial charge is 0.328 e. The standard InChI is InChI=1S/C14H12N2O3S/c1-9(7-12(17)18)13(19)16-14-15-11(8-20-14)10-5-3-2-4-6-10/h2-8H,1H3,(H,17,18)(H,15,16,19)/b9-7-. The summed E-state index contributed by atoms with van der Waals surface area (Å²) in [5.74, 6) is -1.62. The van der Waals surface area contributed by atoms with E-state index in [1.54, 1.807) is 0 Å². The van der Waals surface area contributed by atoms with E-state index < -0.39 is 11.9 Å². The fourth-order valence-corrected chi connectivity index (χ4v) is 2.23. The normalized spacial score (nSPS) is 11.2. The monoisotopic (exact) mass is 288 g/mol. The molecule has 0 aliphatic rings. The molecule has 0 atom stereocenters. The van der Waals surface area contributed by atoms with Gasteiger partial charge in [-0.15, -0.1) is 11.3 Å². The van der Waals surface area contributed by atoms with Gasteiger partial charge in [-0.2, -0.15) is 0 Å². The minimum absolute atomic E-state index is 0.119. The van der Waals surface area contributed by atoms with E-state index in [0.717, 1.165) is 17.3 Å². The lowest BCUT2D eigenvalue weighted by Crippen LogP contribution is -2.13. The summed E-state index contributed by atoms with van der Waals surface area (Å²) in [6.45, 7) is 1.44. The van der Waals surface area contributed by atoms with Gasteiger partial charge in [0, 0.05) is 22.6 Å². The molecule has 2 rings (SSSR count). The number of rotatable bonds is 4. The number of hydrogen-bond acceptors (Lipinski definition) is 4. The summed E-state index contributed by atoms with van der Waals surface area (Å²) >= 11 is 1.29. The van der Waals surface area contributed by atoms with Gasteiger partial charge in [-0.1, -0.05) is 30.3 Å². The highest BCUT2D eigenvalue weighted by Gasteiger charge is 2.10. The van der Waals surface area contributed by atoms with Crippen molar-refractivity contribution in [3.63, 3.8) is 0 Å². The third-order valence-electron chi connectivity index (χ3n) is 2.49. The first kappa shape index (κ1) is 14.0. The summed E-state index contributed by atoms with van der Waals surface area (Å²) in [5, 5.41) is 13.4. The molecule has 5 nitrogen and oxygen atoms in total. The lowest BCUT2D eigenvalue weighted by molar-refractivity contribution is -0.131. The Kier molecular flexibility index (Phi) is 4.27. The van der Waals surface area contributed by atoms with Crippen molar-refractivity contribution in [2.24, 2.45) is 0 Å². The van der Waals surface area contributed by atoms with Gasteiger partial charge in [0.15, 0.2) is 5.13 Å². The van der Waals surface area contributed by atoms with Gasteiger partial charge in [-0.25, -0.2) is 9.78 Å². The molecule has 0 spiro atoms. The number of amides is 1. The largest absolute Gasteiger partial charge is 0.478 e. The number of nitrogens with zero attached hydrogens (tertiary/aromatic N) is 1. The van der Waals surface area contributed by atoms with Crippen LogP contribution in [0.25, 0.3) is 11.3 Å². The first-order valence-electron chi connectivity index (χ1n) is 5.80. The number of carboxylic acid groups (broad SMARTS) is 1. The summed E-state index contributed by atoms with van der Waals surface area (Å²) in [5.41, 5.74) is 1.85. The molecule has 20 heavy (non-hydrogen) atoms. The number of aromatic nitrogens is 1. The minimum atomic E-state index is -1.15. The Morgan fingerprint density at radius 3 is 2.65 bits per heavy atom. The van der Waals surface area contributed by atoms with Crippen LogP contribution in [0.2, 0.25) is 0 Å². The Balaban J connectivity index is 2.11. The first-order valence-corrected chi connectivity index (χ1v) is 6.68. The van der Waals surface area contributed by atoms with E-state index in [4.69, 9.17) is 5.11 Å². The highest BCUT2D eigenvalue weighted by Crippen LogP contribution is 2.24. The Labute approximate surface area is 119 Å². The van der Waals surface area contributed by atoms with E-state index in [-0.39, 0.29) is 5.57 Å². The van der Waals surface area contributed by atoms with Crippen molar-refractivity contribution in [1.29, 1.82) is 0 Å². The van der Waals surface area contributed by atoms with Crippen molar-refractivity contribution in [3.05, 3.63) is 47.4 Å². The number of carboxylic acids is 1. The van der Waals surface area contributed by atoms with E-state index in [0.29, 0.717) is 5.13 Å². The van der Waals surface area contributed by atoms with Crippen LogP contribution in [-0.2, 0) is 9.59 Å². The molecular formula is C14H12N2O3S. The molecule has 0 saturated carbocycles. The minimum Gasteiger partial charge on any atom is -0.478 e. The third-order valence-corrected chi connectivity index (χ3v) is 3.25. The predicted octanol–water partition coefficient (Wildman–Crippen LogP) is 2.78. The summed E-state index contributed by atoms with van der Waals surface area (Å²) in [6.07, 6.45) is 0.862. The number of benzene rings is 1.